The summed E-state index contributed by atoms with van der Waals surface area (Å²) in [5.41, 5.74) is 1.07. The van der Waals surface area contributed by atoms with E-state index in [0.717, 1.165) is 31.2 Å². The number of ether oxygens (including phenoxy) is 1. The molecule has 0 bridgehead atoms. The molecule has 18 heavy (non-hydrogen) atoms. The van der Waals surface area contributed by atoms with Gasteiger partial charge in [-0.05, 0) is 32.6 Å². The lowest BCUT2D eigenvalue weighted by molar-refractivity contribution is 0.0993. The van der Waals surface area contributed by atoms with Crippen LogP contribution in [0.4, 0.5) is 5.95 Å². The van der Waals surface area contributed by atoms with Crippen LogP contribution in [0.1, 0.15) is 39.3 Å². The van der Waals surface area contributed by atoms with Gasteiger partial charge in [-0.2, -0.15) is 0 Å². The largest absolute Gasteiger partial charge is 0.376 e. The first-order valence-electron chi connectivity index (χ1n) is 6.98. The summed E-state index contributed by atoms with van der Waals surface area (Å²) in [5, 5.41) is 3.51. The SMILES string of the molecule is Cc1cn(CC(C)C)c(NC(C)C2CCCO2)n1. The highest BCUT2D eigenvalue weighted by atomic mass is 16.5. The maximum absolute atomic E-state index is 5.72. The summed E-state index contributed by atoms with van der Waals surface area (Å²) >= 11 is 0. The molecule has 1 N–H and O–H groups in total. The summed E-state index contributed by atoms with van der Waals surface area (Å²) in [7, 11) is 0. The van der Waals surface area contributed by atoms with E-state index < -0.39 is 0 Å². The molecule has 2 heterocycles. The van der Waals surface area contributed by atoms with E-state index in [0.29, 0.717) is 18.1 Å². The maximum atomic E-state index is 5.72. The van der Waals surface area contributed by atoms with Gasteiger partial charge in [-0.3, -0.25) is 0 Å². The second kappa shape index (κ2) is 5.74. The zero-order valence-corrected chi connectivity index (χ0v) is 11.9. The standard InChI is InChI=1S/C14H25N3O/c1-10(2)8-17-9-11(3)15-14(17)16-12(4)13-6-5-7-18-13/h9-10,12-13H,5-8H2,1-4H3,(H,15,16). The van der Waals surface area contributed by atoms with Crippen molar-refractivity contribution in [2.75, 3.05) is 11.9 Å². The summed E-state index contributed by atoms with van der Waals surface area (Å²) in [5.74, 6) is 1.60. The Balaban J connectivity index is 2.02. The topological polar surface area (TPSA) is 39.1 Å². The molecule has 2 rings (SSSR count). The second-order valence-electron chi connectivity index (χ2n) is 5.74. The molecular formula is C14H25N3O. The third-order valence-corrected chi connectivity index (χ3v) is 3.34. The number of nitrogens with zero attached hydrogens (tertiary/aromatic N) is 2. The molecule has 1 saturated heterocycles. The molecule has 0 aromatic carbocycles. The van der Waals surface area contributed by atoms with Crippen LogP contribution in [0.25, 0.3) is 0 Å². The molecule has 2 atom stereocenters. The zero-order valence-electron chi connectivity index (χ0n) is 11.9. The third kappa shape index (κ3) is 3.25. The molecule has 1 aromatic heterocycles. The van der Waals surface area contributed by atoms with Crippen LogP contribution in [0.3, 0.4) is 0 Å². The van der Waals surface area contributed by atoms with E-state index in [4.69, 9.17) is 4.74 Å². The highest BCUT2D eigenvalue weighted by Gasteiger charge is 2.23. The molecule has 1 fully saturated rings. The molecule has 0 spiro atoms. The van der Waals surface area contributed by atoms with Crippen LogP contribution in [0, 0.1) is 12.8 Å². The molecule has 2 unspecified atom stereocenters. The molecule has 102 valence electrons. The average molecular weight is 251 g/mol. The van der Waals surface area contributed by atoms with Crippen LogP contribution >= 0.6 is 0 Å². The Hall–Kier alpha value is -1.03. The predicted octanol–water partition coefficient (Wildman–Crippen LogP) is 2.83. The third-order valence-electron chi connectivity index (χ3n) is 3.34. The van der Waals surface area contributed by atoms with Gasteiger partial charge < -0.3 is 14.6 Å². The molecule has 0 radical (unpaired) electrons. The molecule has 4 nitrogen and oxygen atoms in total. The van der Waals surface area contributed by atoms with Crippen LogP contribution in [0.15, 0.2) is 6.20 Å². The predicted molar refractivity (Wildman–Crippen MR) is 73.9 cm³/mol. The molecule has 1 aliphatic heterocycles. The summed E-state index contributed by atoms with van der Waals surface area (Å²) in [6, 6.07) is 0.320. The summed E-state index contributed by atoms with van der Waals surface area (Å²) in [4.78, 5) is 4.57. The van der Waals surface area contributed by atoms with Gasteiger partial charge in [-0.25, -0.2) is 4.98 Å². The number of hydrogen-bond donors (Lipinski definition) is 1. The van der Waals surface area contributed by atoms with Crippen molar-refractivity contribution < 1.29 is 4.74 Å². The number of nitrogens with one attached hydrogen (secondary N) is 1. The first-order valence-corrected chi connectivity index (χ1v) is 6.98. The number of rotatable bonds is 5. The van der Waals surface area contributed by atoms with Crippen LogP contribution in [-0.2, 0) is 11.3 Å². The first-order chi connectivity index (χ1) is 8.56. The zero-order chi connectivity index (χ0) is 13.1. The quantitative estimate of drug-likeness (QED) is 0.874. The number of aryl methyl sites for hydroxylation is 1. The lowest BCUT2D eigenvalue weighted by atomic mass is 10.1. The van der Waals surface area contributed by atoms with Gasteiger partial charge in [-0.1, -0.05) is 13.8 Å². The first kappa shape index (κ1) is 13.4. The van der Waals surface area contributed by atoms with Crippen molar-refractivity contribution in [3.63, 3.8) is 0 Å². The Bertz CT molecular complexity index is 380. The Morgan fingerprint density at radius 1 is 1.50 bits per heavy atom. The average Bonchev–Trinajstić information content (AvgIpc) is 2.88. The lowest BCUT2D eigenvalue weighted by Crippen LogP contribution is -2.31. The minimum absolute atomic E-state index is 0.320. The molecule has 0 saturated carbocycles. The van der Waals surface area contributed by atoms with Gasteiger partial charge in [0.25, 0.3) is 0 Å². The summed E-state index contributed by atoms with van der Waals surface area (Å²) in [6.07, 6.45) is 4.77. The number of hydrogen-bond acceptors (Lipinski definition) is 3. The van der Waals surface area contributed by atoms with Gasteiger partial charge in [0.2, 0.25) is 5.95 Å². The van der Waals surface area contributed by atoms with E-state index in [2.05, 4.69) is 41.8 Å². The Morgan fingerprint density at radius 3 is 2.89 bits per heavy atom. The van der Waals surface area contributed by atoms with E-state index in [1.54, 1.807) is 0 Å². The Kier molecular flexibility index (Phi) is 4.27. The highest BCUT2D eigenvalue weighted by Crippen LogP contribution is 2.19. The van der Waals surface area contributed by atoms with Crippen molar-refractivity contribution in [1.82, 2.24) is 9.55 Å². The molecule has 0 amide bonds. The van der Waals surface area contributed by atoms with Crippen LogP contribution in [0.2, 0.25) is 0 Å². The summed E-state index contributed by atoms with van der Waals surface area (Å²) in [6.45, 7) is 10.6. The number of anilines is 1. The minimum Gasteiger partial charge on any atom is -0.376 e. The Labute approximate surface area is 110 Å². The number of aromatic nitrogens is 2. The summed E-state index contributed by atoms with van der Waals surface area (Å²) < 4.78 is 7.93. The lowest BCUT2D eigenvalue weighted by Gasteiger charge is -2.21. The fourth-order valence-electron chi connectivity index (χ4n) is 2.49. The Morgan fingerprint density at radius 2 is 2.28 bits per heavy atom. The van der Waals surface area contributed by atoms with Gasteiger partial charge in [0.05, 0.1) is 17.8 Å². The van der Waals surface area contributed by atoms with Gasteiger partial charge in [0.15, 0.2) is 0 Å². The van der Waals surface area contributed by atoms with E-state index in [1.807, 2.05) is 6.92 Å². The second-order valence-corrected chi connectivity index (χ2v) is 5.74. The maximum Gasteiger partial charge on any atom is 0.203 e. The molecule has 4 heteroatoms. The van der Waals surface area contributed by atoms with Crippen LogP contribution in [0.5, 0.6) is 0 Å². The van der Waals surface area contributed by atoms with Crippen LogP contribution in [-0.4, -0.2) is 28.3 Å². The van der Waals surface area contributed by atoms with E-state index in [-0.39, 0.29) is 0 Å². The minimum atomic E-state index is 0.320. The normalized spacial score (nSPS) is 21.5. The fourth-order valence-corrected chi connectivity index (χ4v) is 2.49. The van der Waals surface area contributed by atoms with Crippen molar-refractivity contribution >= 4 is 5.95 Å². The van der Waals surface area contributed by atoms with Gasteiger partial charge in [-0.15, -0.1) is 0 Å². The van der Waals surface area contributed by atoms with Gasteiger partial charge >= 0.3 is 0 Å². The molecular weight excluding hydrogens is 226 g/mol. The monoisotopic (exact) mass is 251 g/mol. The van der Waals surface area contributed by atoms with E-state index in [9.17, 15) is 0 Å². The van der Waals surface area contributed by atoms with Gasteiger partial charge in [0.1, 0.15) is 0 Å². The number of imidazole rings is 1. The van der Waals surface area contributed by atoms with Gasteiger partial charge in [0, 0.05) is 19.3 Å². The molecule has 0 aliphatic carbocycles. The highest BCUT2D eigenvalue weighted by molar-refractivity contribution is 5.30. The smallest absolute Gasteiger partial charge is 0.203 e. The van der Waals surface area contributed by atoms with Crippen molar-refractivity contribution in [2.24, 2.45) is 5.92 Å². The molecule has 1 aliphatic rings. The van der Waals surface area contributed by atoms with Crippen molar-refractivity contribution in [2.45, 2.75) is 59.2 Å². The molecule has 1 aromatic rings. The van der Waals surface area contributed by atoms with E-state index >= 15 is 0 Å². The van der Waals surface area contributed by atoms with Crippen molar-refractivity contribution in [1.29, 1.82) is 0 Å². The fraction of sp³-hybridized carbons (Fsp3) is 0.786. The van der Waals surface area contributed by atoms with Crippen molar-refractivity contribution in [3.8, 4) is 0 Å². The van der Waals surface area contributed by atoms with Crippen LogP contribution < -0.4 is 5.32 Å². The van der Waals surface area contributed by atoms with E-state index in [1.165, 1.54) is 6.42 Å². The van der Waals surface area contributed by atoms with Crippen molar-refractivity contribution in [3.05, 3.63) is 11.9 Å².